The number of rotatable bonds is 4. The molecule has 0 aliphatic carbocycles. The number of nitro benzene ring substituents is 2. The van der Waals surface area contributed by atoms with Crippen LogP contribution in [-0.2, 0) is 0 Å². The van der Waals surface area contributed by atoms with Crippen LogP contribution in [0.3, 0.4) is 0 Å². The first-order valence-electron chi connectivity index (χ1n) is 5.47. The second-order valence-electron chi connectivity index (χ2n) is 3.79. The maximum Gasteiger partial charge on any atom is 0.291 e. The van der Waals surface area contributed by atoms with Crippen molar-refractivity contribution >= 4 is 23.1 Å². The number of hydrogen-bond donors (Lipinski definition) is 0. The Morgan fingerprint density at radius 3 is 2.19 bits per heavy atom. The molecule has 0 amide bonds. The van der Waals surface area contributed by atoms with Crippen LogP contribution in [-0.4, -0.2) is 14.8 Å². The molecule has 2 rings (SSSR count). The molecule has 0 N–H and O–H groups in total. The zero-order valence-electron chi connectivity index (χ0n) is 10.3. The Bertz CT molecular complexity index is 723. The smallest absolute Gasteiger partial charge is 0.264 e. The van der Waals surface area contributed by atoms with Gasteiger partial charge in [-0.05, 0) is 11.6 Å². The molecule has 0 aliphatic heterocycles. The van der Waals surface area contributed by atoms with Gasteiger partial charge in [0.1, 0.15) is 5.40 Å². The standard InChI is InChI=1S/C12H6N4O4S/c13-7-21-12-10(15(17)18)4-9(5-11(12)16(19)20)8-2-1-3-14-6-8/h1-6H. The Labute approximate surface area is 122 Å². The molecule has 0 bridgehead atoms. The minimum atomic E-state index is -0.744. The third-order valence-electron chi connectivity index (χ3n) is 2.59. The molecule has 0 atom stereocenters. The second-order valence-corrected chi connectivity index (χ2v) is 4.59. The summed E-state index contributed by atoms with van der Waals surface area (Å²) in [6, 6.07) is 5.64. The first kappa shape index (κ1) is 14.4. The molecule has 0 saturated heterocycles. The fourth-order valence-electron chi connectivity index (χ4n) is 1.72. The van der Waals surface area contributed by atoms with Gasteiger partial charge in [0.15, 0.2) is 4.90 Å². The van der Waals surface area contributed by atoms with E-state index in [2.05, 4.69) is 4.98 Å². The number of hydrogen-bond acceptors (Lipinski definition) is 7. The number of pyridine rings is 1. The molecule has 21 heavy (non-hydrogen) atoms. The lowest BCUT2D eigenvalue weighted by Gasteiger charge is -2.05. The van der Waals surface area contributed by atoms with Crippen LogP contribution in [0, 0.1) is 30.9 Å². The molecular weight excluding hydrogens is 296 g/mol. The molecule has 0 fully saturated rings. The van der Waals surface area contributed by atoms with Crippen LogP contribution in [0.4, 0.5) is 11.4 Å². The predicted octanol–water partition coefficient (Wildman–Crippen LogP) is 3.14. The normalized spacial score (nSPS) is 9.86. The highest BCUT2D eigenvalue weighted by molar-refractivity contribution is 8.04. The monoisotopic (exact) mass is 302 g/mol. The Kier molecular flexibility index (Phi) is 4.10. The average molecular weight is 302 g/mol. The summed E-state index contributed by atoms with van der Waals surface area (Å²) in [6.45, 7) is 0. The topological polar surface area (TPSA) is 123 Å². The highest BCUT2D eigenvalue weighted by Crippen LogP contribution is 2.40. The number of nitro groups is 2. The minimum Gasteiger partial charge on any atom is -0.264 e. The van der Waals surface area contributed by atoms with Crippen LogP contribution in [0.15, 0.2) is 41.6 Å². The van der Waals surface area contributed by atoms with Crippen LogP contribution < -0.4 is 0 Å². The molecular formula is C12H6N4O4S. The van der Waals surface area contributed by atoms with Gasteiger partial charge in [-0.15, -0.1) is 0 Å². The largest absolute Gasteiger partial charge is 0.291 e. The number of aromatic nitrogens is 1. The fourth-order valence-corrected chi connectivity index (χ4v) is 2.29. The lowest BCUT2D eigenvalue weighted by atomic mass is 10.1. The summed E-state index contributed by atoms with van der Waals surface area (Å²) in [4.78, 5) is 24.3. The molecule has 0 spiro atoms. The summed E-state index contributed by atoms with van der Waals surface area (Å²) >= 11 is 0.396. The van der Waals surface area contributed by atoms with E-state index in [4.69, 9.17) is 5.26 Å². The van der Waals surface area contributed by atoms with E-state index in [1.54, 1.807) is 17.5 Å². The van der Waals surface area contributed by atoms with E-state index in [0.717, 1.165) is 0 Å². The Morgan fingerprint density at radius 2 is 1.76 bits per heavy atom. The van der Waals surface area contributed by atoms with Gasteiger partial charge >= 0.3 is 0 Å². The van der Waals surface area contributed by atoms with Gasteiger partial charge in [0.25, 0.3) is 11.4 Å². The van der Waals surface area contributed by atoms with Crippen LogP contribution >= 0.6 is 11.8 Å². The maximum atomic E-state index is 11.1. The molecule has 0 saturated carbocycles. The van der Waals surface area contributed by atoms with Crippen molar-refractivity contribution in [2.24, 2.45) is 0 Å². The van der Waals surface area contributed by atoms with Gasteiger partial charge < -0.3 is 0 Å². The Morgan fingerprint density at radius 1 is 1.14 bits per heavy atom. The van der Waals surface area contributed by atoms with E-state index in [9.17, 15) is 20.2 Å². The predicted molar refractivity (Wildman–Crippen MR) is 74.5 cm³/mol. The number of nitrogens with zero attached hydrogens (tertiary/aromatic N) is 4. The minimum absolute atomic E-state index is 0.278. The van der Waals surface area contributed by atoms with Crippen LogP contribution in [0.5, 0.6) is 0 Å². The zero-order valence-corrected chi connectivity index (χ0v) is 11.1. The molecule has 1 aromatic heterocycles. The molecule has 0 aliphatic rings. The number of thioether (sulfide) groups is 1. The number of nitriles is 1. The summed E-state index contributed by atoms with van der Waals surface area (Å²) < 4.78 is 0. The number of thiocyanates is 1. The van der Waals surface area contributed by atoms with Crippen molar-refractivity contribution in [3.8, 4) is 16.5 Å². The third kappa shape index (κ3) is 2.96. The van der Waals surface area contributed by atoms with Crippen molar-refractivity contribution in [3.63, 3.8) is 0 Å². The summed E-state index contributed by atoms with van der Waals surface area (Å²) in [7, 11) is 0. The van der Waals surface area contributed by atoms with Gasteiger partial charge in [0, 0.05) is 41.9 Å². The summed E-state index contributed by atoms with van der Waals surface area (Å²) in [5.74, 6) is 0. The molecule has 1 aromatic carbocycles. The molecule has 9 heteroatoms. The van der Waals surface area contributed by atoms with Crippen LogP contribution in [0.1, 0.15) is 0 Å². The van der Waals surface area contributed by atoms with Crippen LogP contribution in [0.2, 0.25) is 0 Å². The van der Waals surface area contributed by atoms with Crippen molar-refractivity contribution in [2.75, 3.05) is 0 Å². The van der Waals surface area contributed by atoms with Crippen LogP contribution in [0.25, 0.3) is 11.1 Å². The SMILES string of the molecule is N#CSc1c([N+](=O)[O-])cc(-c2cccnc2)cc1[N+](=O)[O-]. The Balaban J connectivity index is 2.74. The van der Waals surface area contributed by atoms with Crippen molar-refractivity contribution in [3.05, 3.63) is 56.9 Å². The van der Waals surface area contributed by atoms with Crippen molar-refractivity contribution in [2.45, 2.75) is 4.90 Å². The average Bonchev–Trinajstić information content (AvgIpc) is 2.48. The lowest BCUT2D eigenvalue weighted by molar-refractivity contribution is -0.399. The quantitative estimate of drug-likeness (QED) is 0.368. The Hall–Kier alpha value is -2.99. The van der Waals surface area contributed by atoms with E-state index >= 15 is 0 Å². The van der Waals surface area contributed by atoms with Gasteiger partial charge in [0.05, 0.1) is 9.85 Å². The third-order valence-corrected chi connectivity index (χ3v) is 3.30. The van der Waals surface area contributed by atoms with Gasteiger partial charge in [-0.1, -0.05) is 6.07 Å². The van der Waals surface area contributed by atoms with E-state index in [1.807, 2.05) is 0 Å². The van der Waals surface area contributed by atoms with E-state index in [0.29, 0.717) is 22.9 Å². The van der Waals surface area contributed by atoms with Crippen molar-refractivity contribution < 1.29 is 9.85 Å². The van der Waals surface area contributed by atoms with Gasteiger partial charge in [-0.2, -0.15) is 5.26 Å². The highest BCUT2D eigenvalue weighted by atomic mass is 32.2. The summed E-state index contributed by atoms with van der Waals surface area (Å²) in [6.07, 6.45) is 2.96. The lowest BCUT2D eigenvalue weighted by Crippen LogP contribution is -1.98. The zero-order chi connectivity index (χ0) is 15.4. The van der Waals surface area contributed by atoms with E-state index in [-0.39, 0.29) is 4.90 Å². The first-order chi connectivity index (χ1) is 10.0. The van der Waals surface area contributed by atoms with E-state index in [1.165, 1.54) is 24.5 Å². The summed E-state index contributed by atoms with van der Waals surface area (Å²) in [5.41, 5.74) is -0.148. The van der Waals surface area contributed by atoms with Crippen molar-refractivity contribution in [1.82, 2.24) is 4.98 Å². The first-order valence-corrected chi connectivity index (χ1v) is 6.29. The van der Waals surface area contributed by atoms with E-state index < -0.39 is 21.2 Å². The molecule has 104 valence electrons. The number of benzene rings is 1. The van der Waals surface area contributed by atoms with Gasteiger partial charge in [0.2, 0.25) is 0 Å². The van der Waals surface area contributed by atoms with Crippen molar-refractivity contribution in [1.29, 1.82) is 5.26 Å². The molecule has 8 nitrogen and oxygen atoms in total. The maximum absolute atomic E-state index is 11.1. The summed E-state index contributed by atoms with van der Waals surface area (Å²) in [5, 5.41) is 32.5. The van der Waals surface area contributed by atoms with Gasteiger partial charge in [-0.3, -0.25) is 25.2 Å². The second kappa shape index (κ2) is 5.98. The highest BCUT2D eigenvalue weighted by Gasteiger charge is 2.27. The molecule has 0 unspecified atom stereocenters. The molecule has 1 heterocycles. The fraction of sp³-hybridized carbons (Fsp3) is 0. The van der Waals surface area contributed by atoms with Gasteiger partial charge in [-0.25, -0.2) is 0 Å². The molecule has 0 radical (unpaired) electrons. The molecule has 2 aromatic rings.